The van der Waals surface area contributed by atoms with Crippen LogP contribution in [0, 0.1) is 0 Å². The monoisotopic (exact) mass is 147 g/mol. The topological polar surface area (TPSA) is 46.2 Å². The minimum atomic E-state index is -1.95. The fourth-order valence-electron chi connectivity index (χ4n) is 0.869. The van der Waals surface area contributed by atoms with Crippen LogP contribution < -0.4 is 5.32 Å². The molecule has 0 amide bonds. The predicted molar refractivity (Wildman–Crippen MR) is 36.0 cm³/mol. The van der Waals surface area contributed by atoms with Crippen LogP contribution in [0.15, 0.2) is 0 Å². The molecule has 1 saturated heterocycles. The van der Waals surface area contributed by atoms with Crippen molar-refractivity contribution in [3.05, 3.63) is 0 Å². The van der Waals surface area contributed by atoms with Crippen molar-refractivity contribution in [1.29, 1.82) is 0 Å². The van der Waals surface area contributed by atoms with E-state index in [1.165, 1.54) is 0 Å². The van der Waals surface area contributed by atoms with Gasteiger partial charge in [-0.05, 0) is 19.4 Å². The molecular weight excluding hydrogens is 138 g/mol. The summed E-state index contributed by atoms with van der Waals surface area (Å²) in [5.41, 5.74) is 0. The van der Waals surface area contributed by atoms with E-state index in [1.54, 1.807) is 0 Å². The van der Waals surface area contributed by atoms with Crippen molar-refractivity contribution in [3.8, 4) is 0 Å². The SMILES string of the molecule is O=S(=O)=C1CCCNC1. The summed E-state index contributed by atoms with van der Waals surface area (Å²) in [5.74, 6) is 0. The van der Waals surface area contributed by atoms with E-state index in [0.717, 1.165) is 19.4 Å². The van der Waals surface area contributed by atoms with E-state index in [0.29, 0.717) is 11.4 Å². The second-order valence-electron chi connectivity index (χ2n) is 2.05. The number of nitrogens with one attached hydrogen (secondary N) is 1. The van der Waals surface area contributed by atoms with Crippen LogP contribution in [-0.2, 0) is 10.3 Å². The highest BCUT2D eigenvalue weighted by Crippen LogP contribution is 1.94. The molecule has 1 aliphatic heterocycles. The molecule has 0 bridgehead atoms. The lowest BCUT2D eigenvalue weighted by atomic mass is 10.2. The second kappa shape index (κ2) is 2.98. The normalized spacial score (nSPS) is 19.8. The van der Waals surface area contributed by atoms with Gasteiger partial charge in [-0.25, -0.2) is 0 Å². The van der Waals surface area contributed by atoms with Gasteiger partial charge in [-0.15, -0.1) is 0 Å². The zero-order chi connectivity index (χ0) is 6.69. The molecule has 0 aromatic carbocycles. The van der Waals surface area contributed by atoms with Gasteiger partial charge in [0.2, 0.25) is 10.3 Å². The first-order valence-corrected chi connectivity index (χ1v) is 4.03. The van der Waals surface area contributed by atoms with Gasteiger partial charge in [0, 0.05) is 6.54 Å². The van der Waals surface area contributed by atoms with Crippen LogP contribution in [0.5, 0.6) is 0 Å². The average Bonchev–Trinajstić information content (AvgIpc) is 1.90. The molecule has 1 heterocycles. The molecule has 0 spiro atoms. The third-order valence-corrected chi connectivity index (χ3v) is 2.19. The summed E-state index contributed by atoms with van der Waals surface area (Å²) in [7, 11) is -1.95. The van der Waals surface area contributed by atoms with E-state index in [2.05, 4.69) is 5.32 Å². The van der Waals surface area contributed by atoms with Crippen LogP contribution in [0.2, 0.25) is 0 Å². The quantitative estimate of drug-likeness (QED) is 0.466. The van der Waals surface area contributed by atoms with Gasteiger partial charge in [0.25, 0.3) is 0 Å². The molecule has 1 aliphatic rings. The predicted octanol–water partition coefficient (Wildman–Crippen LogP) is -0.579. The Morgan fingerprint density at radius 1 is 1.44 bits per heavy atom. The summed E-state index contributed by atoms with van der Waals surface area (Å²) < 4.78 is 20.6. The van der Waals surface area contributed by atoms with Crippen LogP contribution in [0.25, 0.3) is 0 Å². The van der Waals surface area contributed by atoms with Crippen LogP contribution in [0.1, 0.15) is 12.8 Å². The number of hydrogen-bond donors (Lipinski definition) is 1. The van der Waals surface area contributed by atoms with Crippen molar-refractivity contribution in [2.75, 3.05) is 13.1 Å². The van der Waals surface area contributed by atoms with E-state index in [4.69, 9.17) is 0 Å². The number of rotatable bonds is 0. The van der Waals surface area contributed by atoms with E-state index >= 15 is 0 Å². The Hall–Kier alpha value is -0.350. The maximum Gasteiger partial charge on any atom is 0.214 e. The van der Waals surface area contributed by atoms with Gasteiger partial charge in [0.1, 0.15) is 0 Å². The molecular formula is C5H9NO2S. The summed E-state index contributed by atoms with van der Waals surface area (Å²) in [5, 5.41) is 2.99. The third-order valence-electron chi connectivity index (χ3n) is 1.37. The van der Waals surface area contributed by atoms with Gasteiger partial charge in [-0.3, -0.25) is 0 Å². The van der Waals surface area contributed by atoms with Crippen molar-refractivity contribution in [1.82, 2.24) is 5.32 Å². The minimum absolute atomic E-state index is 0.552. The Bertz CT molecular complexity index is 201. The van der Waals surface area contributed by atoms with Gasteiger partial charge in [0.05, 0.1) is 4.86 Å². The van der Waals surface area contributed by atoms with Crippen LogP contribution in [-0.4, -0.2) is 26.4 Å². The average molecular weight is 147 g/mol. The molecule has 0 aromatic heterocycles. The Kier molecular flexibility index (Phi) is 2.24. The smallest absolute Gasteiger partial charge is 0.214 e. The number of hydrogen-bond acceptors (Lipinski definition) is 3. The van der Waals surface area contributed by atoms with Crippen molar-refractivity contribution >= 4 is 15.2 Å². The van der Waals surface area contributed by atoms with Gasteiger partial charge in [-0.1, -0.05) is 0 Å². The summed E-state index contributed by atoms with van der Waals surface area (Å²) >= 11 is 0. The Balaban J connectivity index is 2.72. The van der Waals surface area contributed by atoms with Gasteiger partial charge in [0.15, 0.2) is 0 Å². The van der Waals surface area contributed by atoms with Crippen LogP contribution in [0.4, 0.5) is 0 Å². The summed E-state index contributed by atoms with van der Waals surface area (Å²) in [6.07, 6.45) is 1.69. The van der Waals surface area contributed by atoms with Crippen molar-refractivity contribution < 1.29 is 8.42 Å². The van der Waals surface area contributed by atoms with E-state index in [-0.39, 0.29) is 0 Å². The molecule has 1 N–H and O–H groups in total. The first-order chi connectivity index (χ1) is 4.30. The lowest BCUT2D eigenvalue weighted by Crippen LogP contribution is -2.30. The second-order valence-corrected chi connectivity index (χ2v) is 3.10. The first-order valence-electron chi connectivity index (χ1n) is 2.95. The molecule has 3 nitrogen and oxygen atoms in total. The highest BCUT2D eigenvalue weighted by Gasteiger charge is 2.05. The zero-order valence-electron chi connectivity index (χ0n) is 5.05. The van der Waals surface area contributed by atoms with Crippen molar-refractivity contribution in [2.45, 2.75) is 12.8 Å². The molecule has 1 rings (SSSR count). The Morgan fingerprint density at radius 3 is 2.56 bits per heavy atom. The standard InChI is InChI=1S/C5H9NO2S/c7-9(8)5-2-1-3-6-4-5/h6H,1-4H2. The first kappa shape index (κ1) is 6.77. The van der Waals surface area contributed by atoms with E-state index in [1.807, 2.05) is 0 Å². The molecule has 0 aliphatic carbocycles. The summed E-state index contributed by atoms with van der Waals surface area (Å²) in [4.78, 5) is 0.612. The van der Waals surface area contributed by atoms with Gasteiger partial charge in [-0.2, -0.15) is 8.42 Å². The number of piperidine rings is 1. The molecule has 0 aromatic rings. The summed E-state index contributed by atoms with van der Waals surface area (Å²) in [6.45, 7) is 1.50. The highest BCUT2D eigenvalue weighted by atomic mass is 32.2. The lowest BCUT2D eigenvalue weighted by Gasteiger charge is -2.10. The van der Waals surface area contributed by atoms with Crippen molar-refractivity contribution in [2.24, 2.45) is 0 Å². The molecule has 9 heavy (non-hydrogen) atoms. The molecule has 0 atom stereocenters. The molecule has 1 fully saturated rings. The summed E-state index contributed by atoms with van der Waals surface area (Å²) in [6, 6.07) is 0. The fraction of sp³-hybridized carbons (Fsp3) is 0.800. The molecule has 52 valence electrons. The van der Waals surface area contributed by atoms with Gasteiger partial charge >= 0.3 is 0 Å². The largest absolute Gasteiger partial charge is 0.312 e. The minimum Gasteiger partial charge on any atom is -0.312 e. The lowest BCUT2D eigenvalue weighted by molar-refractivity contribution is 0.622. The maximum atomic E-state index is 10.3. The van der Waals surface area contributed by atoms with Crippen LogP contribution >= 0.6 is 0 Å². The maximum absolute atomic E-state index is 10.3. The third kappa shape index (κ3) is 1.80. The fourth-order valence-corrected chi connectivity index (χ4v) is 1.40. The molecule has 0 saturated carbocycles. The van der Waals surface area contributed by atoms with E-state index < -0.39 is 10.3 Å². The Labute approximate surface area is 55.6 Å². The molecule has 0 radical (unpaired) electrons. The van der Waals surface area contributed by atoms with Crippen LogP contribution in [0.3, 0.4) is 0 Å². The zero-order valence-corrected chi connectivity index (χ0v) is 5.87. The molecule has 4 heteroatoms. The van der Waals surface area contributed by atoms with Crippen molar-refractivity contribution in [3.63, 3.8) is 0 Å². The molecule has 0 unspecified atom stereocenters. The highest BCUT2D eigenvalue weighted by molar-refractivity contribution is 7.73. The van der Waals surface area contributed by atoms with Gasteiger partial charge < -0.3 is 5.32 Å². The van der Waals surface area contributed by atoms with E-state index in [9.17, 15) is 8.42 Å². The Morgan fingerprint density at radius 2 is 2.22 bits per heavy atom.